The lowest BCUT2D eigenvalue weighted by atomic mass is 9.82. The third-order valence-corrected chi connectivity index (χ3v) is 3.68. The van der Waals surface area contributed by atoms with Crippen molar-refractivity contribution in [3.05, 3.63) is 0 Å². The molecule has 0 spiro atoms. The Kier molecular flexibility index (Phi) is 7.69. The lowest BCUT2D eigenvalue weighted by Gasteiger charge is -2.30. The highest BCUT2D eigenvalue weighted by Crippen LogP contribution is 2.34. The fourth-order valence-electron chi connectivity index (χ4n) is 2.24. The van der Waals surface area contributed by atoms with E-state index in [1.807, 2.05) is 0 Å². The molecular weight excluding hydrogens is 204 g/mol. The van der Waals surface area contributed by atoms with Gasteiger partial charge in [0.15, 0.2) is 0 Å². The van der Waals surface area contributed by atoms with Crippen LogP contribution in [-0.2, 0) is 0 Å². The molecule has 0 bridgehead atoms. The predicted octanol–water partition coefficient (Wildman–Crippen LogP) is 5.64. The average Bonchev–Trinajstić information content (AvgIpc) is 2.14. The molecule has 0 radical (unpaired) electrons. The third-order valence-electron chi connectivity index (χ3n) is 3.34. The van der Waals surface area contributed by atoms with Crippen LogP contribution in [0.15, 0.2) is 0 Å². The van der Waals surface area contributed by atoms with Gasteiger partial charge in [0, 0.05) is 4.87 Å². The van der Waals surface area contributed by atoms with Gasteiger partial charge in [0.2, 0.25) is 0 Å². The van der Waals surface area contributed by atoms with Crippen LogP contribution >= 0.6 is 11.6 Å². The lowest BCUT2D eigenvalue weighted by Crippen LogP contribution is -2.24. The van der Waals surface area contributed by atoms with E-state index in [1.54, 1.807) is 0 Å². The maximum atomic E-state index is 6.59. The van der Waals surface area contributed by atoms with Crippen molar-refractivity contribution in [3.8, 4) is 0 Å². The normalized spacial score (nSPS) is 17.8. The Balaban J connectivity index is 4.11. The summed E-state index contributed by atoms with van der Waals surface area (Å²) in [4.78, 5) is 0.0279. The summed E-state index contributed by atoms with van der Waals surface area (Å²) in [6.07, 6.45) is 7.47. The molecule has 1 heteroatoms. The minimum atomic E-state index is 0.0279. The molecule has 0 amide bonds. The van der Waals surface area contributed by atoms with Gasteiger partial charge in [-0.3, -0.25) is 0 Å². The summed E-state index contributed by atoms with van der Waals surface area (Å²) in [5, 5.41) is 0. The van der Waals surface area contributed by atoms with Gasteiger partial charge in [-0.2, -0.15) is 0 Å². The van der Waals surface area contributed by atoms with Crippen molar-refractivity contribution in [1.29, 1.82) is 0 Å². The van der Waals surface area contributed by atoms with Crippen molar-refractivity contribution in [2.75, 3.05) is 0 Å². The first-order chi connectivity index (χ1) is 6.93. The van der Waals surface area contributed by atoms with Gasteiger partial charge in [-0.1, -0.05) is 53.4 Å². The second kappa shape index (κ2) is 7.54. The maximum Gasteiger partial charge on any atom is 0.0421 e. The minimum absolute atomic E-state index is 0.0279. The van der Waals surface area contributed by atoms with Crippen LogP contribution in [0.3, 0.4) is 0 Å². The Morgan fingerprint density at radius 2 is 1.73 bits per heavy atom. The van der Waals surface area contributed by atoms with E-state index in [-0.39, 0.29) is 4.87 Å². The van der Waals surface area contributed by atoms with Gasteiger partial charge < -0.3 is 0 Å². The molecule has 0 aromatic rings. The van der Waals surface area contributed by atoms with E-state index in [9.17, 15) is 0 Å². The van der Waals surface area contributed by atoms with E-state index in [4.69, 9.17) is 11.6 Å². The zero-order valence-electron chi connectivity index (χ0n) is 11.3. The van der Waals surface area contributed by atoms with Gasteiger partial charge in [0.1, 0.15) is 0 Å². The van der Waals surface area contributed by atoms with Crippen LogP contribution in [0.4, 0.5) is 0 Å². The molecule has 0 heterocycles. The number of hydrogen-bond donors (Lipinski definition) is 0. The Labute approximate surface area is 102 Å². The maximum absolute atomic E-state index is 6.59. The number of hydrogen-bond acceptors (Lipinski definition) is 0. The molecule has 0 aliphatic carbocycles. The molecule has 0 rings (SSSR count). The fraction of sp³-hybridized carbons (Fsp3) is 1.00. The molecule has 0 nitrogen and oxygen atoms in total. The van der Waals surface area contributed by atoms with Crippen LogP contribution in [0.5, 0.6) is 0 Å². The van der Waals surface area contributed by atoms with Crippen LogP contribution in [0.25, 0.3) is 0 Å². The van der Waals surface area contributed by atoms with Crippen LogP contribution < -0.4 is 0 Å². The van der Waals surface area contributed by atoms with Crippen molar-refractivity contribution in [2.24, 2.45) is 11.8 Å². The molecule has 0 N–H and O–H groups in total. The van der Waals surface area contributed by atoms with Crippen LogP contribution in [0.1, 0.15) is 73.1 Å². The second-order valence-electron chi connectivity index (χ2n) is 5.51. The van der Waals surface area contributed by atoms with E-state index in [0.29, 0.717) is 0 Å². The quantitative estimate of drug-likeness (QED) is 0.476. The first-order valence-electron chi connectivity index (χ1n) is 6.61. The Morgan fingerprint density at radius 1 is 1.13 bits per heavy atom. The summed E-state index contributed by atoms with van der Waals surface area (Å²) in [6.45, 7) is 11.4. The van der Waals surface area contributed by atoms with Crippen LogP contribution in [0.2, 0.25) is 0 Å². The number of halogens is 1. The van der Waals surface area contributed by atoms with Crippen molar-refractivity contribution < 1.29 is 0 Å². The molecule has 2 atom stereocenters. The first-order valence-corrected chi connectivity index (χ1v) is 6.99. The predicted molar refractivity (Wildman–Crippen MR) is 71.6 cm³/mol. The molecule has 1 unspecified atom stereocenters. The van der Waals surface area contributed by atoms with E-state index in [2.05, 4.69) is 34.6 Å². The smallest absolute Gasteiger partial charge is 0.0421 e. The molecule has 0 aromatic heterocycles. The van der Waals surface area contributed by atoms with Gasteiger partial charge in [-0.15, -0.1) is 11.6 Å². The SMILES string of the molecule is CCCC[C@@](C)(Cl)CC(CCC)C(C)C. The summed E-state index contributed by atoms with van der Waals surface area (Å²) >= 11 is 6.59. The van der Waals surface area contributed by atoms with Crippen LogP contribution in [-0.4, -0.2) is 4.87 Å². The Bertz CT molecular complexity index is 149. The summed E-state index contributed by atoms with van der Waals surface area (Å²) < 4.78 is 0. The molecule has 0 fully saturated rings. The fourth-order valence-corrected chi connectivity index (χ4v) is 2.57. The molecule has 92 valence electrons. The van der Waals surface area contributed by atoms with Crippen LogP contribution in [0, 0.1) is 11.8 Å². The highest BCUT2D eigenvalue weighted by Gasteiger charge is 2.26. The monoisotopic (exact) mass is 232 g/mol. The van der Waals surface area contributed by atoms with Gasteiger partial charge in [0.25, 0.3) is 0 Å². The van der Waals surface area contributed by atoms with Gasteiger partial charge in [-0.25, -0.2) is 0 Å². The Morgan fingerprint density at radius 3 is 2.13 bits per heavy atom. The topological polar surface area (TPSA) is 0 Å². The molecule has 0 saturated carbocycles. The van der Waals surface area contributed by atoms with Gasteiger partial charge >= 0.3 is 0 Å². The largest absolute Gasteiger partial charge is 0.120 e. The highest BCUT2D eigenvalue weighted by molar-refractivity contribution is 6.23. The summed E-state index contributed by atoms with van der Waals surface area (Å²) in [6, 6.07) is 0. The number of alkyl halides is 1. The molecule has 0 aliphatic heterocycles. The summed E-state index contributed by atoms with van der Waals surface area (Å²) in [5.74, 6) is 1.57. The Hall–Kier alpha value is 0.290. The minimum Gasteiger partial charge on any atom is -0.120 e. The zero-order valence-corrected chi connectivity index (χ0v) is 12.0. The highest BCUT2D eigenvalue weighted by atomic mass is 35.5. The number of unbranched alkanes of at least 4 members (excludes halogenated alkanes) is 1. The summed E-state index contributed by atoms with van der Waals surface area (Å²) in [7, 11) is 0. The van der Waals surface area contributed by atoms with Gasteiger partial charge in [-0.05, 0) is 31.6 Å². The third kappa shape index (κ3) is 7.22. The molecule has 15 heavy (non-hydrogen) atoms. The summed E-state index contributed by atoms with van der Waals surface area (Å²) in [5.41, 5.74) is 0. The molecule has 0 saturated heterocycles. The van der Waals surface area contributed by atoms with Gasteiger partial charge in [0.05, 0.1) is 0 Å². The standard InChI is InChI=1S/C14H29Cl/c1-6-8-10-14(5,15)11-13(9-7-2)12(3)4/h12-13H,6-11H2,1-5H3/t13?,14-/m1/s1. The molecule has 0 aliphatic rings. The van der Waals surface area contributed by atoms with E-state index < -0.39 is 0 Å². The lowest BCUT2D eigenvalue weighted by molar-refractivity contribution is 0.291. The van der Waals surface area contributed by atoms with Crippen molar-refractivity contribution >= 4 is 11.6 Å². The molecule has 0 aromatic carbocycles. The van der Waals surface area contributed by atoms with Crippen molar-refractivity contribution in [2.45, 2.75) is 78.0 Å². The first kappa shape index (κ1) is 15.3. The molecular formula is C14H29Cl. The second-order valence-corrected chi connectivity index (χ2v) is 6.43. The zero-order chi connectivity index (χ0) is 11.9. The van der Waals surface area contributed by atoms with Crippen molar-refractivity contribution in [1.82, 2.24) is 0 Å². The van der Waals surface area contributed by atoms with E-state index >= 15 is 0 Å². The van der Waals surface area contributed by atoms with E-state index in [0.717, 1.165) is 18.3 Å². The van der Waals surface area contributed by atoms with E-state index in [1.165, 1.54) is 32.1 Å². The number of rotatable bonds is 8. The van der Waals surface area contributed by atoms with Crippen molar-refractivity contribution in [3.63, 3.8) is 0 Å². The average molecular weight is 233 g/mol.